The van der Waals surface area contributed by atoms with Crippen molar-refractivity contribution in [3.8, 4) is 11.5 Å². The van der Waals surface area contributed by atoms with Crippen LogP contribution in [0.4, 0.5) is 0 Å². The highest BCUT2D eigenvalue weighted by Gasteiger charge is 2.19. The average Bonchev–Trinajstić information content (AvgIpc) is 2.97. The Labute approximate surface area is 121 Å². The van der Waals surface area contributed by atoms with E-state index < -0.39 is 0 Å². The third kappa shape index (κ3) is 3.07. The molecule has 0 amide bonds. The lowest BCUT2D eigenvalue weighted by molar-refractivity contribution is 0.173. The van der Waals surface area contributed by atoms with Crippen LogP contribution in [0.25, 0.3) is 0 Å². The summed E-state index contributed by atoms with van der Waals surface area (Å²) >= 11 is 0. The summed E-state index contributed by atoms with van der Waals surface area (Å²) in [6, 6.07) is 6.11. The van der Waals surface area contributed by atoms with Crippen molar-refractivity contribution < 1.29 is 9.47 Å². The van der Waals surface area contributed by atoms with Crippen molar-refractivity contribution in [3.63, 3.8) is 0 Å². The molecule has 0 saturated carbocycles. The summed E-state index contributed by atoms with van der Waals surface area (Å²) < 4.78 is 10.9. The normalized spacial score (nSPS) is 19.4. The Kier molecular flexibility index (Phi) is 4.43. The molecule has 1 fully saturated rings. The summed E-state index contributed by atoms with van der Waals surface area (Å²) in [5, 5.41) is 3.58. The van der Waals surface area contributed by atoms with Gasteiger partial charge in [0.05, 0.1) is 0 Å². The molecule has 2 heterocycles. The molecular formula is C16H24N2O2. The van der Waals surface area contributed by atoms with Crippen LogP contribution >= 0.6 is 0 Å². The number of fused-ring (bicyclic) bond motifs is 1. The number of ether oxygens (including phenoxy) is 2. The van der Waals surface area contributed by atoms with Crippen LogP contribution in [0.3, 0.4) is 0 Å². The molecule has 0 unspecified atom stereocenters. The van der Waals surface area contributed by atoms with Crippen molar-refractivity contribution in [1.82, 2.24) is 10.2 Å². The number of piperidine rings is 1. The number of hydrogen-bond donors (Lipinski definition) is 1. The zero-order valence-electron chi connectivity index (χ0n) is 12.2. The maximum absolute atomic E-state index is 5.53. The Morgan fingerprint density at radius 3 is 2.90 bits per heavy atom. The molecule has 0 atom stereocenters. The van der Waals surface area contributed by atoms with E-state index in [9.17, 15) is 0 Å². The second-order valence-corrected chi connectivity index (χ2v) is 5.66. The van der Waals surface area contributed by atoms with Gasteiger partial charge in [0.2, 0.25) is 6.79 Å². The minimum absolute atomic E-state index is 0.349. The van der Waals surface area contributed by atoms with E-state index in [1.54, 1.807) is 0 Å². The van der Waals surface area contributed by atoms with E-state index in [1.165, 1.54) is 38.0 Å². The van der Waals surface area contributed by atoms with Crippen molar-refractivity contribution in [2.45, 2.75) is 26.3 Å². The first-order valence-corrected chi connectivity index (χ1v) is 7.67. The van der Waals surface area contributed by atoms with Gasteiger partial charge in [0.15, 0.2) is 11.5 Å². The van der Waals surface area contributed by atoms with Gasteiger partial charge in [-0.3, -0.25) is 0 Å². The predicted octanol–water partition coefficient (Wildman–Crippen LogP) is 2.24. The third-order valence-corrected chi connectivity index (χ3v) is 4.38. The molecule has 2 aliphatic rings. The molecule has 1 N–H and O–H groups in total. The first-order chi connectivity index (χ1) is 9.86. The highest BCUT2D eigenvalue weighted by molar-refractivity contribution is 5.48. The molecule has 110 valence electrons. The fraction of sp³-hybridized carbons (Fsp3) is 0.625. The zero-order valence-corrected chi connectivity index (χ0v) is 12.2. The molecule has 1 saturated heterocycles. The van der Waals surface area contributed by atoms with Gasteiger partial charge in [0, 0.05) is 12.1 Å². The van der Waals surface area contributed by atoms with E-state index >= 15 is 0 Å². The van der Waals surface area contributed by atoms with Gasteiger partial charge in [0.25, 0.3) is 0 Å². The number of benzene rings is 1. The Morgan fingerprint density at radius 2 is 2.10 bits per heavy atom. The Bertz CT molecular complexity index is 442. The van der Waals surface area contributed by atoms with Gasteiger partial charge in [-0.25, -0.2) is 0 Å². The fourth-order valence-electron chi connectivity index (χ4n) is 3.05. The van der Waals surface area contributed by atoms with E-state index in [1.807, 2.05) is 12.1 Å². The third-order valence-electron chi connectivity index (χ3n) is 4.38. The standard InChI is InChI=1S/C16H24N2O2/c1-2-18-8-6-13(7-9-18)10-17-11-14-4-3-5-15-16(14)20-12-19-15/h3-5,13,17H,2,6-12H2,1H3. The van der Waals surface area contributed by atoms with Crippen molar-refractivity contribution in [2.24, 2.45) is 5.92 Å². The smallest absolute Gasteiger partial charge is 0.231 e. The number of para-hydroxylation sites is 1. The highest BCUT2D eigenvalue weighted by Crippen LogP contribution is 2.35. The predicted molar refractivity (Wildman–Crippen MR) is 79.1 cm³/mol. The average molecular weight is 276 g/mol. The van der Waals surface area contributed by atoms with E-state index in [-0.39, 0.29) is 0 Å². The second kappa shape index (κ2) is 6.46. The Hall–Kier alpha value is -1.26. The largest absolute Gasteiger partial charge is 0.454 e. The van der Waals surface area contributed by atoms with Crippen LogP contribution in [0, 0.1) is 5.92 Å². The van der Waals surface area contributed by atoms with Crippen LogP contribution in [0.5, 0.6) is 11.5 Å². The molecule has 2 aliphatic heterocycles. The van der Waals surface area contributed by atoms with Gasteiger partial charge in [-0.05, 0) is 51.0 Å². The van der Waals surface area contributed by atoms with E-state index in [0.717, 1.165) is 30.5 Å². The van der Waals surface area contributed by atoms with Gasteiger partial charge in [-0.2, -0.15) is 0 Å². The molecule has 1 aromatic carbocycles. The van der Waals surface area contributed by atoms with Crippen molar-refractivity contribution >= 4 is 0 Å². The summed E-state index contributed by atoms with van der Waals surface area (Å²) in [4.78, 5) is 2.53. The van der Waals surface area contributed by atoms with Gasteiger partial charge in [0.1, 0.15) is 0 Å². The summed E-state index contributed by atoms with van der Waals surface area (Å²) in [5.41, 5.74) is 1.20. The maximum atomic E-state index is 5.53. The second-order valence-electron chi connectivity index (χ2n) is 5.66. The van der Waals surface area contributed by atoms with Crippen molar-refractivity contribution in [1.29, 1.82) is 0 Å². The van der Waals surface area contributed by atoms with Crippen LogP contribution in [0.15, 0.2) is 18.2 Å². The lowest BCUT2D eigenvalue weighted by Gasteiger charge is -2.31. The van der Waals surface area contributed by atoms with Crippen LogP contribution in [0.1, 0.15) is 25.3 Å². The molecule has 20 heavy (non-hydrogen) atoms. The molecule has 0 bridgehead atoms. The van der Waals surface area contributed by atoms with Crippen LogP contribution < -0.4 is 14.8 Å². The molecule has 0 radical (unpaired) electrons. The van der Waals surface area contributed by atoms with Gasteiger partial charge in [-0.15, -0.1) is 0 Å². The molecule has 0 aromatic heterocycles. The maximum Gasteiger partial charge on any atom is 0.231 e. The molecule has 4 heteroatoms. The quantitative estimate of drug-likeness (QED) is 0.894. The van der Waals surface area contributed by atoms with Gasteiger partial charge in [-0.1, -0.05) is 19.1 Å². The highest BCUT2D eigenvalue weighted by atomic mass is 16.7. The minimum atomic E-state index is 0.349. The van der Waals surface area contributed by atoms with E-state index in [0.29, 0.717) is 6.79 Å². The van der Waals surface area contributed by atoms with Crippen LogP contribution in [-0.2, 0) is 6.54 Å². The summed E-state index contributed by atoms with van der Waals surface area (Å²) in [5.74, 6) is 2.60. The monoisotopic (exact) mass is 276 g/mol. The minimum Gasteiger partial charge on any atom is -0.454 e. The zero-order chi connectivity index (χ0) is 13.8. The SMILES string of the molecule is CCN1CCC(CNCc2cccc3c2OCO3)CC1. The van der Waals surface area contributed by atoms with Gasteiger partial charge >= 0.3 is 0 Å². The molecule has 0 aliphatic carbocycles. The number of nitrogens with zero attached hydrogens (tertiary/aromatic N) is 1. The molecule has 4 nitrogen and oxygen atoms in total. The van der Waals surface area contributed by atoms with Crippen LogP contribution in [-0.4, -0.2) is 37.9 Å². The summed E-state index contributed by atoms with van der Waals surface area (Å²) in [7, 11) is 0. The van der Waals surface area contributed by atoms with Gasteiger partial charge < -0.3 is 19.7 Å². The first kappa shape index (κ1) is 13.7. The van der Waals surface area contributed by atoms with E-state index in [4.69, 9.17) is 9.47 Å². The topological polar surface area (TPSA) is 33.7 Å². The number of likely N-dealkylation sites (tertiary alicyclic amines) is 1. The number of nitrogens with one attached hydrogen (secondary N) is 1. The lowest BCUT2D eigenvalue weighted by Crippen LogP contribution is -2.36. The molecular weight excluding hydrogens is 252 g/mol. The molecule has 0 spiro atoms. The Morgan fingerprint density at radius 1 is 1.25 bits per heavy atom. The first-order valence-electron chi connectivity index (χ1n) is 7.67. The summed E-state index contributed by atoms with van der Waals surface area (Å²) in [6.07, 6.45) is 2.63. The van der Waals surface area contributed by atoms with Crippen LogP contribution in [0.2, 0.25) is 0 Å². The number of rotatable bonds is 5. The molecule has 3 rings (SSSR count). The number of hydrogen-bond acceptors (Lipinski definition) is 4. The molecule has 1 aromatic rings. The van der Waals surface area contributed by atoms with Crippen molar-refractivity contribution in [2.75, 3.05) is 33.0 Å². The van der Waals surface area contributed by atoms with E-state index in [2.05, 4.69) is 23.2 Å². The lowest BCUT2D eigenvalue weighted by atomic mass is 9.97. The van der Waals surface area contributed by atoms with Crippen molar-refractivity contribution in [3.05, 3.63) is 23.8 Å². The Balaban J connectivity index is 1.46. The summed E-state index contributed by atoms with van der Waals surface area (Å²) in [6.45, 7) is 8.25. The fourth-order valence-corrected chi connectivity index (χ4v) is 3.05.